The number of nitrogens with zero attached hydrogens (tertiary/aromatic N) is 5. The van der Waals surface area contributed by atoms with Crippen LogP contribution in [-0.4, -0.2) is 60.6 Å². The SMILES string of the molecule is CN1CCN(C2=Nc3cc(Br)ccc3N(C)n3cccc32)CC1. The molecular formula is C17H20BrN5. The van der Waals surface area contributed by atoms with E-state index >= 15 is 0 Å². The Labute approximate surface area is 144 Å². The minimum atomic E-state index is 1.000. The van der Waals surface area contributed by atoms with Crippen LogP contribution in [0.4, 0.5) is 11.4 Å². The number of aromatic nitrogens is 1. The van der Waals surface area contributed by atoms with Crippen LogP contribution in [0.3, 0.4) is 0 Å². The van der Waals surface area contributed by atoms with E-state index in [2.05, 4.69) is 86.0 Å². The molecule has 1 aromatic heterocycles. The molecule has 3 heterocycles. The highest BCUT2D eigenvalue weighted by atomic mass is 79.9. The fraction of sp³-hybridized carbons (Fsp3) is 0.353. The fourth-order valence-corrected chi connectivity index (χ4v) is 3.56. The van der Waals surface area contributed by atoms with Crippen molar-refractivity contribution in [1.82, 2.24) is 14.5 Å². The molecule has 1 aromatic carbocycles. The summed E-state index contributed by atoms with van der Waals surface area (Å²) in [7, 11) is 4.26. The first-order valence-electron chi connectivity index (χ1n) is 7.87. The molecule has 2 aromatic rings. The number of hydrogen-bond donors (Lipinski definition) is 0. The van der Waals surface area contributed by atoms with Crippen molar-refractivity contribution >= 4 is 33.1 Å². The van der Waals surface area contributed by atoms with Gasteiger partial charge in [0, 0.05) is 43.9 Å². The van der Waals surface area contributed by atoms with E-state index in [1.54, 1.807) is 0 Å². The van der Waals surface area contributed by atoms with E-state index < -0.39 is 0 Å². The average molecular weight is 374 g/mol. The number of aliphatic imine (C=N–C) groups is 1. The molecule has 120 valence electrons. The topological polar surface area (TPSA) is 27.0 Å². The van der Waals surface area contributed by atoms with E-state index in [1.807, 2.05) is 0 Å². The first-order chi connectivity index (χ1) is 11.1. The Bertz CT molecular complexity index is 758. The Hall–Kier alpha value is -1.79. The van der Waals surface area contributed by atoms with Gasteiger partial charge in [-0.1, -0.05) is 15.9 Å². The highest BCUT2D eigenvalue weighted by molar-refractivity contribution is 9.10. The number of fused-ring (bicyclic) bond motifs is 2. The van der Waals surface area contributed by atoms with Crippen molar-refractivity contribution in [3.8, 4) is 0 Å². The predicted molar refractivity (Wildman–Crippen MR) is 97.6 cm³/mol. The van der Waals surface area contributed by atoms with E-state index in [0.29, 0.717) is 0 Å². The van der Waals surface area contributed by atoms with Crippen molar-refractivity contribution in [2.45, 2.75) is 0 Å². The predicted octanol–water partition coefficient (Wildman–Crippen LogP) is 2.79. The quantitative estimate of drug-likeness (QED) is 0.710. The minimum absolute atomic E-state index is 1.000. The van der Waals surface area contributed by atoms with Crippen LogP contribution in [0.5, 0.6) is 0 Å². The summed E-state index contributed by atoms with van der Waals surface area (Å²) in [6, 6.07) is 10.5. The van der Waals surface area contributed by atoms with Gasteiger partial charge in [0.2, 0.25) is 0 Å². The van der Waals surface area contributed by atoms with Gasteiger partial charge in [-0.25, -0.2) is 4.99 Å². The van der Waals surface area contributed by atoms with E-state index in [-0.39, 0.29) is 0 Å². The second kappa shape index (κ2) is 5.69. The lowest BCUT2D eigenvalue weighted by atomic mass is 10.2. The molecular weight excluding hydrogens is 354 g/mol. The van der Waals surface area contributed by atoms with E-state index in [4.69, 9.17) is 4.99 Å². The van der Waals surface area contributed by atoms with Crippen LogP contribution in [0.2, 0.25) is 0 Å². The molecule has 0 N–H and O–H groups in total. The fourth-order valence-electron chi connectivity index (χ4n) is 3.21. The number of halogens is 1. The molecule has 0 atom stereocenters. The number of amidine groups is 1. The van der Waals surface area contributed by atoms with Crippen LogP contribution in [0, 0.1) is 0 Å². The van der Waals surface area contributed by atoms with E-state index in [1.165, 1.54) is 0 Å². The summed E-state index contributed by atoms with van der Waals surface area (Å²) in [5.74, 6) is 1.06. The summed E-state index contributed by atoms with van der Waals surface area (Å²) < 4.78 is 3.23. The first-order valence-corrected chi connectivity index (χ1v) is 8.66. The van der Waals surface area contributed by atoms with Gasteiger partial charge in [0.1, 0.15) is 5.69 Å². The second-order valence-corrected chi connectivity index (χ2v) is 7.04. The summed E-state index contributed by atoms with van der Waals surface area (Å²) in [6.45, 7) is 4.16. The summed E-state index contributed by atoms with van der Waals surface area (Å²) in [4.78, 5) is 9.81. The summed E-state index contributed by atoms with van der Waals surface area (Å²) in [5.41, 5.74) is 3.25. The number of anilines is 1. The number of rotatable bonds is 0. The minimum Gasteiger partial charge on any atom is -0.352 e. The number of likely N-dealkylation sites (N-methyl/N-ethyl adjacent to an activating group) is 1. The Kier molecular flexibility index (Phi) is 3.66. The van der Waals surface area contributed by atoms with Gasteiger partial charge in [-0.3, -0.25) is 9.69 Å². The number of piperazine rings is 1. The van der Waals surface area contributed by atoms with Crippen LogP contribution < -0.4 is 5.01 Å². The monoisotopic (exact) mass is 373 g/mol. The van der Waals surface area contributed by atoms with Crippen molar-refractivity contribution in [3.63, 3.8) is 0 Å². The molecule has 2 aliphatic heterocycles. The third-order valence-corrected chi connectivity index (χ3v) is 5.09. The average Bonchev–Trinajstić information content (AvgIpc) is 2.98. The van der Waals surface area contributed by atoms with Gasteiger partial charge >= 0.3 is 0 Å². The lowest BCUT2D eigenvalue weighted by molar-refractivity contribution is 0.215. The van der Waals surface area contributed by atoms with Crippen molar-refractivity contribution in [2.24, 2.45) is 4.99 Å². The van der Waals surface area contributed by atoms with Crippen molar-refractivity contribution in [1.29, 1.82) is 0 Å². The molecule has 0 spiro atoms. The highest BCUT2D eigenvalue weighted by Crippen LogP contribution is 2.35. The Balaban J connectivity index is 1.84. The van der Waals surface area contributed by atoms with Crippen LogP contribution in [0.25, 0.3) is 0 Å². The smallest absolute Gasteiger partial charge is 0.155 e. The lowest BCUT2D eigenvalue weighted by Crippen LogP contribution is -2.48. The molecule has 0 amide bonds. The standard InChI is InChI=1S/C17H20BrN5/c1-20-8-10-22(11-9-20)17-16-4-3-7-23(16)21(2)15-6-5-13(18)12-14(15)19-17/h3-7,12H,8-11H2,1-2H3. The third-order valence-electron chi connectivity index (χ3n) is 4.60. The first kappa shape index (κ1) is 14.8. The van der Waals surface area contributed by atoms with Crippen LogP contribution in [0.15, 0.2) is 46.0 Å². The molecule has 2 aliphatic rings. The molecule has 0 saturated carbocycles. The summed E-state index contributed by atoms with van der Waals surface area (Å²) in [5, 5.41) is 2.16. The van der Waals surface area contributed by atoms with Crippen molar-refractivity contribution in [3.05, 3.63) is 46.7 Å². The molecule has 23 heavy (non-hydrogen) atoms. The highest BCUT2D eigenvalue weighted by Gasteiger charge is 2.25. The second-order valence-electron chi connectivity index (χ2n) is 6.12. The molecule has 4 rings (SSSR count). The van der Waals surface area contributed by atoms with Crippen LogP contribution in [-0.2, 0) is 0 Å². The molecule has 0 aliphatic carbocycles. The maximum atomic E-state index is 5.04. The molecule has 1 fully saturated rings. The third kappa shape index (κ3) is 2.56. The van der Waals surface area contributed by atoms with Crippen molar-refractivity contribution in [2.75, 3.05) is 45.3 Å². The Morgan fingerprint density at radius 2 is 1.83 bits per heavy atom. The summed E-state index contributed by atoms with van der Waals surface area (Å²) >= 11 is 3.57. The van der Waals surface area contributed by atoms with Crippen LogP contribution in [0.1, 0.15) is 5.69 Å². The maximum Gasteiger partial charge on any atom is 0.155 e. The number of benzene rings is 1. The molecule has 5 nitrogen and oxygen atoms in total. The van der Waals surface area contributed by atoms with Gasteiger partial charge < -0.3 is 9.80 Å². The van der Waals surface area contributed by atoms with Gasteiger partial charge in [0.05, 0.1) is 11.4 Å². The zero-order chi connectivity index (χ0) is 16.0. The molecule has 0 bridgehead atoms. The van der Waals surface area contributed by atoms with E-state index in [0.717, 1.165) is 53.6 Å². The van der Waals surface area contributed by atoms with Crippen molar-refractivity contribution < 1.29 is 0 Å². The van der Waals surface area contributed by atoms with Gasteiger partial charge in [-0.15, -0.1) is 0 Å². The van der Waals surface area contributed by atoms with Gasteiger partial charge in [-0.05, 0) is 37.4 Å². The molecule has 0 unspecified atom stereocenters. The largest absolute Gasteiger partial charge is 0.352 e. The molecule has 1 saturated heterocycles. The van der Waals surface area contributed by atoms with Gasteiger partial charge in [-0.2, -0.15) is 0 Å². The normalized spacial score (nSPS) is 18.3. The van der Waals surface area contributed by atoms with Gasteiger partial charge in [0.15, 0.2) is 5.84 Å². The number of hydrogen-bond acceptors (Lipinski definition) is 4. The van der Waals surface area contributed by atoms with E-state index in [9.17, 15) is 0 Å². The summed E-state index contributed by atoms with van der Waals surface area (Å²) in [6.07, 6.45) is 2.10. The van der Waals surface area contributed by atoms with Crippen LogP contribution >= 0.6 is 15.9 Å². The van der Waals surface area contributed by atoms with Gasteiger partial charge in [0.25, 0.3) is 0 Å². The lowest BCUT2D eigenvalue weighted by Gasteiger charge is -2.34. The molecule has 6 heteroatoms. The zero-order valence-corrected chi connectivity index (χ0v) is 15.0. The Morgan fingerprint density at radius 3 is 2.61 bits per heavy atom. The zero-order valence-electron chi connectivity index (χ0n) is 13.4. The Morgan fingerprint density at radius 1 is 1.04 bits per heavy atom. The maximum absolute atomic E-state index is 5.04. The molecule has 0 radical (unpaired) electrons.